The van der Waals surface area contributed by atoms with Gasteiger partial charge in [0, 0.05) is 50.0 Å². The highest BCUT2D eigenvalue weighted by molar-refractivity contribution is 6.11. The van der Waals surface area contributed by atoms with E-state index in [4.69, 9.17) is 0 Å². The fourth-order valence-electron chi connectivity index (χ4n) is 9.58. The van der Waals surface area contributed by atoms with E-state index in [0.717, 1.165) is 34.0 Å². The lowest BCUT2D eigenvalue weighted by Crippen LogP contribution is -2.10. The molecule has 12 rings (SSSR count). The monoisotopic (exact) mass is 777 g/mol. The summed E-state index contributed by atoms with van der Waals surface area (Å²) in [6.45, 7) is 0. The predicted octanol–water partition coefficient (Wildman–Crippen LogP) is 15.8. The third kappa shape index (κ3) is 5.74. The molecule has 0 radical (unpaired) electrons. The summed E-state index contributed by atoms with van der Waals surface area (Å²) < 4.78 is 4.78. The molecule has 61 heavy (non-hydrogen) atoms. The third-order valence-electron chi connectivity index (χ3n) is 12.3. The maximum Gasteiger partial charge on any atom is 0.0561 e. The number of benzene rings is 10. The van der Waals surface area contributed by atoms with E-state index >= 15 is 0 Å². The standard InChI is InChI=1S/C58H39N3/c1-3-15-40(16-4-1)48-24-13-17-42-18-14-25-49(58(42)48)41-29-31-44(32-30-41)59(45-33-35-46(36-34-45)60-54-26-10-7-21-50(54)51-22-8-11-27-55(51)60)47-37-38-53-52-23-9-12-28-56(52)61(57(53)39-47)43-19-5-2-6-20-43/h1-39H. The van der Waals surface area contributed by atoms with E-state index in [9.17, 15) is 0 Å². The Bertz CT molecular complexity index is 3500. The number of hydrogen-bond acceptors (Lipinski definition) is 1. The molecule has 0 aliphatic heterocycles. The molecule has 0 unspecified atom stereocenters. The maximum atomic E-state index is 2.39. The summed E-state index contributed by atoms with van der Waals surface area (Å²) in [5, 5.41) is 7.48. The summed E-state index contributed by atoms with van der Waals surface area (Å²) >= 11 is 0. The summed E-state index contributed by atoms with van der Waals surface area (Å²) in [6.07, 6.45) is 0. The first-order valence-electron chi connectivity index (χ1n) is 20.9. The van der Waals surface area contributed by atoms with Gasteiger partial charge in [-0.3, -0.25) is 0 Å². The van der Waals surface area contributed by atoms with Crippen LogP contribution in [0, 0.1) is 0 Å². The maximum absolute atomic E-state index is 2.39. The molecule has 0 atom stereocenters. The molecule has 0 bridgehead atoms. The van der Waals surface area contributed by atoms with Crippen molar-refractivity contribution in [3.8, 4) is 33.6 Å². The molecule has 2 heterocycles. The van der Waals surface area contributed by atoms with Crippen LogP contribution in [0.3, 0.4) is 0 Å². The van der Waals surface area contributed by atoms with Crippen molar-refractivity contribution in [1.82, 2.24) is 9.13 Å². The van der Waals surface area contributed by atoms with E-state index in [1.54, 1.807) is 0 Å². The molecule has 0 fully saturated rings. The van der Waals surface area contributed by atoms with Gasteiger partial charge in [0.1, 0.15) is 0 Å². The Balaban J connectivity index is 1.03. The molecule has 0 amide bonds. The fraction of sp³-hybridized carbons (Fsp3) is 0. The SMILES string of the molecule is c1ccc(-c2cccc3cccc(-c4ccc(N(c5ccc(-n6c7ccccc7c7ccccc76)cc5)c5ccc6c7ccccc7n(-c7ccccc7)c6c5)cc4)c23)cc1. The molecule has 0 spiro atoms. The Labute approximate surface area is 354 Å². The van der Waals surface area contributed by atoms with Gasteiger partial charge in [-0.05, 0) is 112 Å². The largest absolute Gasteiger partial charge is 0.310 e. The van der Waals surface area contributed by atoms with Crippen molar-refractivity contribution in [2.45, 2.75) is 0 Å². The van der Waals surface area contributed by atoms with Crippen LogP contribution >= 0.6 is 0 Å². The predicted molar refractivity (Wildman–Crippen MR) is 258 cm³/mol. The van der Waals surface area contributed by atoms with Crippen LogP contribution in [0.5, 0.6) is 0 Å². The number of aromatic nitrogens is 2. The molecule has 3 nitrogen and oxygen atoms in total. The van der Waals surface area contributed by atoms with Gasteiger partial charge < -0.3 is 14.0 Å². The second kappa shape index (κ2) is 14.3. The van der Waals surface area contributed by atoms with Crippen molar-refractivity contribution in [2.75, 3.05) is 4.90 Å². The van der Waals surface area contributed by atoms with Gasteiger partial charge in [0.05, 0.1) is 22.1 Å². The average Bonchev–Trinajstić information content (AvgIpc) is 3.85. The van der Waals surface area contributed by atoms with Crippen LogP contribution in [0.1, 0.15) is 0 Å². The van der Waals surface area contributed by atoms with Gasteiger partial charge in [-0.25, -0.2) is 0 Å². The van der Waals surface area contributed by atoms with Gasteiger partial charge in [0.2, 0.25) is 0 Å². The van der Waals surface area contributed by atoms with Crippen molar-refractivity contribution in [3.63, 3.8) is 0 Å². The van der Waals surface area contributed by atoms with E-state index < -0.39 is 0 Å². The lowest BCUT2D eigenvalue weighted by molar-refractivity contribution is 1.17. The minimum atomic E-state index is 1.08. The highest BCUT2D eigenvalue weighted by Gasteiger charge is 2.19. The molecule has 12 aromatic rings. The topological polar surface area (TPSA) is 13.1 Å². The lowest BCUT2D eigenvalue weighted by atomic mass is 9.91. The van der Waals surface area contributed by atoms with Crippen molar-refractivity contribution in [1.29, 1.82) is 0 Å². The number of rotatable bonds is 7. The van der Waals surface area contributed by atoms with Gasteiger partial charge >= 0.3 is 0 Å². The summed E-state index contributed by atoms with van der Waals surface area (Å²) in [5.41, 5.74) is 15.1. The van der Waals surface area contributed by atoms with Gasteiger partial charge in [0.15, 0.2) is 0 Å². The highest BCUT2D eigenvalue weighted by atomic mass is 15.1. The number of anilines is 3. The molecule has 3 heteroatoms. The van der Waals surface area contributed by atoms with E-state index in [-0.39, 0.29) is 0 Å². The second-order valence-corrected chi connectivity index (χ2v) is 15.7. The van der Waals surface area contributed by atoms with E-state index in [0.29, 0.717) is 0 Å². The van der Waals surface area contributed by atoms with Gasteiger partial charge in [-0.1, -0.05) is 158 Å². The Morgan fingerprint density at radius 3 is 1.28 bits per heavy atom. The van der Waals surface area contributed by atoms with E-state index in [2.05, 4.69) is 251 Å². The summed E-state index contributed by atoms with van der Waals surface area (Å²) in [7, 11) is 0. The van der Waals surface area contributed by atoms with Crippen LogP contribution in [0.4, 0.5) is 17.1 Å². The molecule has 0 aliphatic carbocycles. The Morgan fingerprint density at radius 1 is 0.279 bits per heavy atom. The van der Waals surface area contributed by atoms with Crippen molar-refractivity contribution < 1.29 is 0 Å². The molecule has 0 saturated heterocycles. The molecule has 10 aromatic carbocycles. The highest BCUT2D eigenvalue weighted by Crippen LogP contribution is 2.42. The average molecular weight is 778 g/mol. The molecular formula is C58H39N3. The van der Waals surface area contributed by atoms with Crippen LogP contribution in [0.15, 0.2) is 237 Å². The number of hydrogen-bond donors (Lipinski definition) is 0. The zero-order chi connectivity index (χ0) is 40.3. The fourth-order valence-corrected chi connectivity index (χ4v) is 9.58. The smallest absolute Gasteiger partial charge is 0.0561 e. The Morgan fingerprint density at radius 2 is 0.705 bits per heavy atom. The van der Waals surface area contributed by atoms with Crippen LogP contribution in [0.25, 0.3) is 88.0 Å². The first-order valence-corrected chi connectivity index (χ1v) is 20.9. The minimum Gasteiger partial charge on any atom is -0.310 e. The molecule has 0 saturated carbocycles. The molecule has 0 N–H and O–H groups in total. The van der Waals surface area contributed by atoms with Crippen LogP contribution in [-0.4, -0.2) is 9.13 Å². The first kappa shape index (κ1) is 34.9. The molecule has 0 aliphatic rings. The van der Waals surface area contributed by atoms with Gasteiger partial charge in [0.25, 0.3) is 0 Å². The zero-order valence-corrected chi connectivity index (χ0v) is 33.4. The minimum absolute atomic E-state index is 1.08. The van der Waals surface area contributed by atoms with Crippen molar-refractivity contribution in [2.24, 2.45) is 0 Å². The van der Waals surface area contributed by atoms with E-state index in [1.165, 1.54) is 71.1 Å². The molecule has 286 valence electrons. The molecule has 2 aromatic heterocycles. The summed E-state index contributed by atoms with van der Waals surface area (Å²) in [5.74, 6) is 0. The van der Waals surface area contributed by atoms with Crippen LogP contribution in [-0.2, 0) is 0 Å². The van der Waals surface area contributed by atoms with Crippen molar-refractivity contribution >= 4 is 71.4 Å². The zero-order valence-electron chi connectivity index (χ0n) is 33.4. The number of nitrogens with zero attached hydrogens (tertiary/aromatic N) is 3. The van der Waals surface area contributed by atoms with Crippen molar-refractivity contribution in [3.05, 3.63) is 237 Å². The van der Waals surface area contributed by atoms with Gasteiger partial charge in [-0.15, -0.1) is 0 Å². The Hall–Kier alpha value is -8.14. The van der Waals surface area contributed by atoms with E-state index in [1.807, 2.05) is 0 Å². The third-order valence-corrected chi connectivity index (χ3v) is 12.3. The van der Waals surface area contributed by atoms with Gasteiger partial charge in [-0.2, -0.15) is 0 Å². The van der Waals surface area contributed by atoms with Crippen LogP contribution < -0.4 is 4.90 Å². The van der Waals surface area contributed by atoms with Crippen LogP contribution in [0.2, 0.25) is 0 Å². The Kier molecular flexibility index (Phi) is 8.17. The summed E-state index contributed by atoms with van der Waals surface area (Å²) in [4.78, 5) is 2.39. The quantitative estimate of drug-likeness (QED) is 0.157. The summed E-state index contributed by atoms with van der Waals surface area (Å²) in [6, 6.07) is 85.9. The molecular weight excluding hydrogens is 739 g/mol. The number of fused-ring (bicyclic) bond motifs is 7. The normalized spacial score (nSPS) is 11.6. The lowest BCUT2D eigenvalue weighted by Gasteiger charge is -2.26. The number of para-hydroxylation sites is 4. The second-order valence-electron chi connectivity index (χ2n) is 15.7. The first-order chi connectivity index (χ1) is 30.3.